The summed E-state index contributed by atoms with van der Waals surface area (Å²) in [4.78, 5) is 48.0. The van der Waals surface area contributed by atoms with Crippen LogP contribution in [0.25, 0.3) is 20.9 Å². The van der Waals surface area contributed by atoms with Crippen molar-refractivity contribution in [1.82, 2.24) is 5.32 Å². The Morgan fingerprint density at radius 1 is 0.365 bits per heavy atom. The lowest BCUT2D eigenvalue weighted by Crippen LogP contribution is -2.69. The van der Waals surface area contributed by atoms with Gasteiger partial charge in [-0.25, -0.2) is 14.4 Å². The average Bonchev–Trinajstić information content (AvgIpc) is 0.763. The minimum atomic E-state index is -2.26. The van der Waals surface area contributed by atoms with Crippen molar-refractivity contribution in [3.05, 3.63) is 272 Å². The molecule has 0 aliphatic carbocycles. The molecule has 34 nitrogen and oxygen atoms in total. The van der Waals surface area contributed by atoms with Crippen LogP contribution in [0.1, 0.15) is 38.9 Å². The molecule has 7 aromatic rings. The van der Waals surface area contributed by atoms with Crippen LogP contribution < -0.4 is 5.32 Å². The van der Waals surface area contributed by atoms with Gasteiger partial charge in [0.05, 0.1) is 65.6 Å². The molecule has 34 heteroatoms. The molecule has 1 amide bonds. The highest BCUT2D eigenvalue weighted by Gasteiger charge is 2.60. The van der Waals surface area contributed by atoms with E-state index in [-0.39, 0.29) is 46.2 Å². The Bertz CT molecular complexity index is 4220. The molecule has 7 aromatic carbocycles. The maximum atomic E-state index is 14.2. The number of carboxylic acid groups (broad SMARTS) is 2. The van der Waals surface area contributed by atoms with E-state index >= 15 is 0 Å². The molecular formula is C81H91N7O27. The van der Waals surface area contributed by atoms with Crippen molar-refractivity contribution in [2.75, 3.05) is 26.9 Å². The van der Waals surface area contributed by atoms with Crippen molar-refractivity contribution in [2.24, 2.45) is 10.2 Å². The van der Waals surface area contributed by atoms with Gasteiger partial charge in [0.2, 0.25) is 0 Å². The molecule has 5 heterocycles. The van der Waals surface area contributed by atoms with Gasteiger partial charge in [0.1, 0.15) is 110 Å². The predicted octanol–water partition coefficient (Wildman–Crippen LogP) is 6.83. The molecule has 8 N–H and O–H groups in total. The summed E-state index contributed by atoms with van der Waals surface area (Å²) in [5, 5.41) is 92.8. The molecule has 5 aliphatic rings. The van der Waals surface area contributed by atoms with Crippen LogP contribution >= 0.6 is 0 Å². The molecule has 0 unspecified atom stereocenters. The van der Waals surface area contributed by atoms with E-state index < -0.39 is 191 Å². The minimum Gasteiger partial charge on any atom is -0.479 e. The number of methoxy groups -OCH3 is 1. The Labute approximate surface area is 660 Å². The molecular weight excluding hydrogens is 1500 g/mol. The van der Waals surface area contributed by atoms with Gasteiger partial charge in [-0.1, -0.05) is 223 Å². The zero-order chi connectivity index (χ0) is 80.6. The monoisotopic (exact) mass is 1590 g/mol. The molecule has 115 heavy (non-hydrogen) atoms. The van der Waals surface area contributed by atoms with E-state index in [1.54, 1.807) is 176 Å². The first-order valence-corrected chi connectivity index (χ1v) is 37.2. The number of hydrogen-bond acceptors (Lipinski definition) is 27. The number of amides is 1. The second-order valence-corrected chi connectivity index (χ2v) is 27.5. The summed E-state index contributed by atoms with van der Waals surface area (Å²) < 4.78 is 109. The molecule has 0 radical (unpaired) electrons. The first-order valence-electron chi connectivity index (χ1n) is 37.2. The maximum Gasteiger partial charge on any atom is 0.407 e. The van der Waals surface area contributed by atoms with E-state index in [9.17, 15) is 61.2 Å². The standard InChI is InChI=1S/C81H91N7O27/c1-99-76-58(84-81(98)106-46-53-35-21-8-22-36-53)65(101-41-48-25-11-3-12-26-48)64(56(39-91)107-76)111-79-61(93)67(103-43-50-29-15-5-16-30-50)69(71(114-79)74(94)95)112-77-57(85-87-82)60(92)62(54(37-89)108-77)110-80-73(105-45-52-33-19-7-20-34-52)68(104-44-51-31-17-6-18-32-51)70(72(115-80)75(96)97)113-78-59(86-88-83)66(102-42-49-27-13-4-14-28-49)63(55(38-90)109-78)100-40-47-23-9-2-10-24-47/h2-36,54-73,76-80,89-93H,37-46H2,1H3,(H,84,98)(H,94,95)(H,96,97)/t54-,55-,56-,57-,58-,59-,60-,61-,62-,63-,64-,65-,66-,67-,68+,69+,70+,71-,72+,73-,76+,77-,78-,79-,80-/m1/s1. The van der Waals surface area contributed by atoms with Gasteiger partial charge >= 0.3 is 18.0 Å². The molecule has 12 rings (SSSR count). The second-order valence-electron chi connectivity index (χ2n) is 27.5. The lowest BCUT2D eigenvalue weighted by molar-refractivity contribution is -0.382. The minimum absolute atomic E-state index is 0.0177. The van der Waals surface area contributed by atoms with E-state index in [4.69, 9.17) is 80.5 Å². The number of ether oxygens (including phenoxy) is 17. The Kier molecular flexibility index (Phi) is 31.3. The highest BCUT2D eigenvalue weighted by molar-refractivity contribution is 5.74. The van der Waals surface area contributed by atoms with Crippen molar-refractivity contribution in [3.63, 3.8) is 0 Å². The molecule has 5 aliphatic heterocycles. The zero-order valence-corrected chi connectivity index (χ0v) is 62.2. The van der Waals surface area contributed by atoms with E-state index in [0.29, 0.717) is 33.4 Å². The lowest BCUT2D eigenvalue weighted by atomic mass is 9.93. The number of aliphatic hydroxyl groups is 5. The summed E-state index contributed by atoms with van der Waals surface area (Å²) >= 11 is 0. The summed E-state index contributed by atoms with van der Waals surface area (Å²) in [6.45, 7) is -3.88. The van der Waals surface area contributed by atoms with Crippen molar-refractivity contribution < 1.29 is 131 Å². The first-order chi connectivity index (χ1) is 56.2. The van der Waals surface area contributed by atoms with Crippen LogP contribution in [0.4, 0.5) is 4.79 Å². The fraction of sp³-hybridized carbons (Fsp3) is 0.444. The van der Waals surface area contributed by atoms with Crippen molar-refractivity contribution in [3.8, 4) is 0 Å². The molecule has 0 saturated carbocycles. The number of nitrogens with zero attached hydrogens (tertiary/aromatic N) is 6. The summed E-state index contributed by atoms with van der Waals surface area (Å²) in [6.07, 6.45) is -39.9. The van der Waals surface area contributed by atoms with E-state index in [1.807, 2.05) is 36.4 Å². The fourth-order valence-electron chi connectivity index (χ4n) is 14.2. The Balaban J connectivity index is 0.852. The van der Waals surface area contributed by atoms with Crippen LogP contribution in [0.5, 0.6) is 0 Å². The number of benzene rings is 7. The molecule has 5 saturated heterocycles. The van der Waals surface area contributed by atoms with Crippen molar-refractivity contribution in [1.29, 1.82) is 0 Å². The predicted molar refractivity (Wildman–Crippen MR) is 398 cm³/mol. The number of carbonyl (C=O) groups is 3. The van der Waals surface area contributed by atoms with Crippen molar-refractivity contribution >= 4 is 18.0 Å². The van der Waals surface area contributed by atoms with Gasteiger partial charge in [-0.05, 0) is 50.0 Å². The van der Waals surface area contributed by atoms with Gasteiger partial charge in [-0.3, -0.25) is 0 Å². The highest BCUT2D eigenvalue weighted by atomic mass is 16.8. The number of hydrogen-bond donors (Lipinski definition) is 8. The van der Waals surface area contributed by atoms with Crippen LogP contribution in [0.3, 0.4) is 0 Å². The Morgan fingerprint density at radius 2 is 0.696 bits per heavy atom. The van der Waals surface area contributed by atoms with Crippen molar-refractivity contribution in [2.45, 2.75) is 200 Å². The number of nitrogens with one attached hydrogen (secondary N) is 1. The number of rotatable bonds is 37. The molecule has 0 aromatic heterocycles. The van der Waals surface area contributed by atoms with Crippen LogP contribution in [-0.4, -0.2) is 234 Å². The van der Waals surface area contributed by atoms with Gasteiger partial charge in [0.15, 0.2) is 43.7 Å². The van der Waals surface area contributed by atoms with Gasteiger partial charge in [-0.2, -0.15) is 0 Å². The Morgan fingerprint density at radius 3 is 1.12 bits per heavy atom. The third-order valence-corrected chi connectivity index (χ3v) is 19.9. The first kappa shape index (κ1) is 84.9. The number of alkyl carbamates (subject to hydrolysis) is 1. The van der Waals surface area contributed by atoms with Gasteiger partial charge < -0.3 is 122 Å². The van der Waals surface area contributed by atoms with Crippen LogP contribution in [0.2, 0.25) is 0 Å². The molecule has 0 spiro atoms. The van der Waals surface area contributed by atoms with Gasteiger partial charge in [0, 0.05) is 16.9 Å². The normalized spacial score (nSPS) is 31.3. The summed E-state index contributed by atoms with van der Waals surface area (Å²) in [7, 11) is 1.29. The van der Waals surface area contributed by atoms with E-state index in [0.717, 1.165) is 5.56 Å². The summed E-state index contributed by atoms with van der Waals surface area (Å²) in [5.41, 5.74) is 25.1. The number of carboxylic acids is 2. The van der Waals surface area contributed by atoms with E-state index in [2.05, 4.69) is 25.4 Å². The van der Waals surface area contributed by atoms with Crippen LogP contribution in [-0.2, 0) is 136 Å². The Hall–Kier alpha value is -9.47. The molecule has 0 bridgehead atoms. The molecule has 5 fully saturated rings. The number of aliphatic hydroxyl groups excluding tert-OH is 5. The van der Waals surface area contributed by atoms with Crippen LogP contribution in [0.15, 0.2) is 223 Å². The zero-order valence-electron chi connectivity index (χ0n) is 62.2. The van der Waals surface area contributed by atoms with Gasteiger partial charge in [0.25, 0.3) is 0 Å². The highest BCUT2D eigenvalue weighted by Crippen LogP contribution is 2.41. The maximum absolute atomic E-state index is 14.2. The fourth-order valence-corrected chi connectivity index (χ4v) is 14.2. The average molecular weight is 1590 g/mol. The third-order valence-electron chi connectivity index (χ3n) is 19.9. The summed E-state index contributed by atoms with van der Waals surface area (Å²) in [5.74, 6) is -3.45. The number of aliphatic carboxylic acids is 2. The third kappa shape index (κ3) is 22.0. The summed E-state index contributed by atoms with van der Waals surface area (Å²) in [6, 6.07) is 56.8. The SMILES string of the molecule is CO[C@H]1O[C@H](CO)[C@@H](O[C@@H]2O[C@@H](C(=O)O)[C@@H](O[C@H]3O[C@H](CO)[C@@H](O[C@@H]4O[C@H](C(=O)O)[C@@H](O[C@H]5O[C@H](CO)[C@@H](OCc6ccccc6)[C@H](OCc6ccccc6)[C@H]5N=[N+]=[N-])[C@H](OCc5ccccc5)[C@H]4OCc4ccccc4)[C@H](O)[C@H]3N=[N+]=[N-])[C@H](OCc3ccccc3)[C@H]2O)[C@H](OCc2ccccc2)[C@H]1NC(=O)OCc1ccccc1. The topological polar surface area (TPSA) is 459 Å². The van der Waals surface area contributed by atoms with Crippen LogP contribution in [0, 0.1) is 0 Å². The van der Waals surface area contributed by atoms with E-state index in [1.165, 1.54) is 7.11 Å². The second kappa shape index (κ2) is 42.4. The quantitative estimate of drug-likeness (QED) is 0.0112. The largest absolute Gasteiger partial charge is 0.479 e. The number of carbonyl (C=O) groups excluding carboxylic acids is 1. The lowest BCUT2D eigenvalue weighted by Gasteiger charge is -2.51. The smallest absolute Gasteiger partial charge is 0.407 e. The number of azide groups is 2. The van der Waals surface area contributed by atoms with Gasteiger partial charge in [-0.15, -0.1) is 0 Å². The molecule has 25 atom stereocenters. The molecule has 612 valence electrons.